The predicted molar refractivity (Wildman–Crippen MR) is 147 cm³/mol. The van der Waals surface area contributed by atoms with Gasteiger partial charge in [0.25, 0.3) is 0 Å². The number of pyridine rings is 2. The van der Waals surface area contributed by atoms with Gasteiger partial charge in [0.1, 0.15) is 0 Å². The maximum Gasteiger partial charge on any atom is 0.329 e. The van der Waals surface area contributed by atoms with Gasteiger partial charge in [-0.15, -0.1) is 0 Å². The SMILES string of the molecule is Cn1cc(-c2ccc(-c3ccc4ncc5c(c4c3)n([C@H]3CC[C@@H](NS(C)(=O)=O)CC3)c(=O)n5C)cn2)cn1. The fourth-order valence-electron chi connectivity index (χ4n) is 5.59. The quantitative estimate of drug-likeness (QED) is 0.372. The minimum absolute atomic E-state index is 0.0153. The summed E-state index contributed by atoms with van der Waals surface area (Å²) in [4.78, 5) is 22.7. The van der Waals surface area contributed by atoms with Crippen LogP contribution >= 0.6 is 0 Å². The second-order valence-corrected chi connectivity index (χ2v) is 11.9. The average Bonchev–Trinajstić information content (AvgIpc) is 3.44. The molecule has 0 spiro atoms. The normalized spacial score (nSPS) is 18.4. The van der Waals surface area contributed by atoms with Crippen LogP contribution in [0, 0.1) is 0 Å². The number of aryl methyl sites for hydroxylation is 2. The Morgan fingerprint density at radius 1 is 0.921 bits per heavy atom. The van der Waals surface area contributed by atoms with E-state index in [9.17, 15) is 13.2 Å². The lowest BCUT2D eigenvalue weighted by Gasteiger charge is -2.29. The van der Waals surface area contributed by atoms with Gasteiger partial charge in [-0.1, -0.05) is 12.1 Å². The minimum atomic E-state index is -3.26. The van der Waals surface area contributed by atoms with Gasteiger partial charge in [0.15, 0.2) is 0 Å². The molecular formula is C27H29N7O3S. The summed E-state index contributed by atoms with van der Waals surface area (Å²) in [6, 6.07) is 9.99. The van der Waals surface area contributed by atoms with Crippen LogP contribution in [0.3, 0.4) is 0 Å². The zero-order chi connectivity index (χ0) is 26.6. The molecule has 0 unspecified atom stereocenters. The summed E-state index contributed by atoms with van der Waals surface area (Å²) < 4.78 is 31.4. The zero-order valence-electron chi connectivity index (χ0n) is 21.5. The van der Waals surface area contributed by atoms with Crippen LogP contribution in [-0.4, -0.2) is 49.6 Å². The summed E-state index contributed by atoms with van der Waals surface area (Å²) in [5.74, 6) is 0. The van der Waals surface area contributed by atoms with E-state index < -0.39 is 10.0 Å². The second-order valence-electron chi connectivity index (χ2n) is 10.2. The molecule has 0 amide bonds. The van der Waals surface area contributed by atoms with E-state index >= 15 is 0 Å². The first kappa shape index (κ1) is 24.5. The van der Waals surface area contributed by atoms with Gasteiger partial charge in [-0.3, -0.25) is 23.8 Å². The molecule has 11 heteroatoms. The van der Waals surface area contributed by atoms with Crippen molar-refractivity contribution in [2.24, 2.45) is 14.1 Å². The monoisotopic (exact) mass is 531 g/mol. The lowest BCUT2D eigenvalue weighted by atomic mass is 9.91. The molecule has 1 aromatic carbocycles. The van der Waals surface area contributed by atoms with E-state index in [2.05, 4.69) is 25.9 Å². The van der Waals surface area contributed by atoms with E-state index in [0.717, 1.165) is 57.2 Å². The van der Waals surface area contributed by atoms with Crippen molar-refractivity contribution < 1.29 is 8.42 Å². The van der Waals surface area contributed by atoms with Crippen LogP contribution in [0.4, 0.5) is 0 Å². The number of imidazole rings is 1. The van der Waals surface area contributed by atoms with E-state index in [0.29, 0.717) is 12.8 Å². The number of benzene rings is 1. The summed E-state index contributed by atoms with van der Waals surface area (Å²) in [5.41, 5.74) is 6.14. The van der Waals surface area contributed by atoms with E-state index in [1.807, 2.05) is 48.3 Å². The Balaban J connectivity index is 1.40. The molecule has 5 aromatic rings. The van der Waals surface area contributed by atoms with E-state index in [1.165, 1.54) is 6.26 Å². The highest BCUT2D eigenvalue weighted by Gasteiger charge is 2.28. The van der Waals surface area contributed by atoms with Crippen molar-refractivity contribution in [3.63, 3.8) is 0 Å². The standard InChI is InChI=1S/C27H29N7O3S/c1-32-16-19(14-30-32)23-10-5-18(13-28-23)17-4-11-24-22(12-17)26-25(15-29-24)33(2)27(35)34(26)21-8-6-20(7-9-21)31-38(3,36)37/h4-5,10-16,20-21,31H,6-9H2,1-3H3/t20-,21+. The molecule has 0 radical (unpaired) electrons. The van der Waals surface area contributed by atoms with E-state index in [1.54, 1.807) is 28.7 Å². The van der Waals surface area contributed by atoms with Crippen molar-refractivity contribution in [1.29, 1.82) is 0 Å². The van der Waals surface area contributed by atoms with Crippen LogP contribution in [0.25, 0.3) is 44.3 Å². The Morgan fingerprint density at radius 2 is 1.68 bits per heavy atom. The largest absolute Gasteiger partial charge is 0.329 e. The molecule has 10 nitrogen and oxygen atoms in total. The van der Waals surface area contributed by atoms with Crippen LogP contribution in [0.1, 0.15) is 31.7 Å². The summed E-state index contributed by atoms with van der Waals surface area (Å²) in [5, 5.41) is 5.13. The molecule has 196 valence electrons. The lowest BCUT2D eigenvalue weighted by Crippen LogP contribution is -2.38. The van der Waals surface area contributed by atoms with Gasteiger partial charge >= 0.3 is 5.69 Å². The Labute approximate surface area is 220 Å². The molecule has 1 aliphatic rings. The zero-order valence-corrected chi connectivity index (χ0v) is 22.3. The number of nitrogens with one attached hydrogen (secondary N) is 1. The van der Waals surface area contributed by atoms with Gasteiger partial charge in [0.2, 0.25) is 10.0 Å². The number of sulfonamides is 1. The third-order valence-electron chi connectivity index (χ3n) is 7.46. The van der Waals surface area contributed by atoms with Crippen molar-refractivity contribution in [2.45, 2.75) is 37.8 Å². The minimum Gasteiger partial charge on any atom is -0.293 e. The van der Waals surface area contributed by atoms with Crippen LogP contribution in [0.15, 0.2) is 59.9 Å². The molecule has 1 saturated carbocycles. The highest BCUT2D eigenvalue weighted by Crippen LogP contribution is 2.34. The molecular weight excluding hydrogens is 502 g/mol. The Hall–Kier alpha value is -3.83. The molecule has 1 N–H and O–H groups in total. The molecule has 0 aliphatic heterocycles. The maximum atomic E-state index is 13.4. The van der Waals surface area contributed by atoms with Crippen molar-refractivity contribution in [3.8, 4) is 22.4 Å². The second kappa shape index (κ2) is 9.17. The smallest absolute Gasteiger partial charge is 0.293 e. The summed E-state index contributed by atoms with van der Waals surface area (Å²) >= 11 is 0. The van der Waals surface area contributed by atoms with Crippen molar-refractivity contribution in [1.82, 2.24) is 33.6 Å². The van der Waals surface area contributed by atoms with Crippen molar-refractivity contribution in [3.05, 3.63) is 65.6 Å². The molecule has 6 rings (SSSR count). The average molecular weight is 532 g/mol. The van der Waals surface area contributed by atoms with Crippen LogP contribution in [0.2, 0.25) is 0 Å². The highest BCUT2D eigenvalue weighted by molar-refractivity contribution is 7.88. The third kappa shape index (κ3) is 4.41. The van der Waals surface area contributed by atoms with Gasteiger partial charge in [-0.25, -0.2) is 17.9 Å². The van der Waals surface area contributed by atoms with Gasteiger partial charge in [0.05, 0.1) is 40.9 Å². The molecule has 38 heavy (non-hydrogen) atoms. The van der Waals surface area contributed by atoms with Gasteiger partial charge in [-0.05, 0) is 49.4 Å². The number of nitrogens with zero attached hydrogens (tertiary/aromatic N) is 6. The molecule has 1 aliphatic carbocycles. The topological polar surface area (TPSA) is 117 Å². The third-order valence-corrected chi connectivity index (χ3v) is 8.22. The number of hydrogen-bond acceptors (Lipinski definition) is 6. The number of rotatable bonds is 5. The van der Waals surface area contributed by atoms with Crippen molar-refractivity contribution in [2.75, 3.05) is 6.26 Å². The Bertz CT molecular complexity index is 1830. The summed E-state index contributed by atoms with van der Waals surface area (Å²) in [7, 11) is 0.390. The molecule has 0 atom stereocenters. The molecule has 0 saturated heterocycles. The van der Waals surface area contributed by atoms with E-state index in [4.69, 9.17) is 0 Å². The predicted octanol–water partition coefficient (Wildman–Crippen LogP) is 3.38. The fraction of sp³-hybridized carbons (Fsp3) is 0.333. The lowest BCUT2D eigenvalue weighted by molar-refractivity contribution is 0.310. The van der Waals surface area contributed by atoms with Gasteiger partial charge < -0.3 is 0 Å². The molecule has 4 aromatic heterocycles. The first-order valence-corrected chi connectivity index (χ1v) is 14.5. The van der Waals surface area contributed by atoms with Crippen LogP contribution < -0.4 is 10.4 Å². The van der Waals surface area contributed by atoms with Crippen molar-refractivity contribution >= 4 is 32.0 Å². The van der Waals surface area contributed by atoms with Crippen LogP contribution in [0.5, 0.6) is 0 Å². The fourth-order valence-corrected chi connectivity index (χ4v) is 6.43. The van der Waals surface area contributed by atoms with Gasteiger partial charge in [-0.2, -0.15) is 5.10 Å². The number of hydrogen-bond donors (Lipinski definition) is 1. The number of fused-ring (bicyclic) bond motifs is 3. The molecule has 0 bridgehead atoms. The summed E-state index contributed by atoms with van der Waals surface area (Å²) in [6.07, 6.45) is 11.3. The number of aromatic nitrogens is 6. The maximum absolute atomic E-state index is 13.4. The Kier molecular flexibility index (Phi) is 5.92. The highest BCUT2D eigenvalue weighted by atomic mass is 32.2. The first-order valence-electron chi connectivity index (χ1n) is 12.6. The van der Waals surface area contributed by atoms with Crippen LogP contribution in [-0.2, 0) is 24.1 Å². The molecule has 4 heterocycles. The molecule has 1 fully saturated rings. The Morgan fingerprint density at radius 3 is 2.34 bits per heavy atom. The van der Waals surface area contributed by atoms with E-state index in [-0.39, 0.29) is 17.8 Å². The summed E-state index contributed by atoms with van der Waals surface area (Å²) in [6.45, 7) is 0. The van der Waals surface area contributed by atoms with Gasteiger partial charge in [0, 0.05) is 55.1 Å². The first-order chi connectivity index (χ1) is 18.2.